The summed E-state index contributed by atoms with van der Waals surface area (Å²) in [5, 5.41) is 25.2. The number of piperidine rings is 1. The van der Waals surface area contributed by atoms with Gasteiger partial charge in [0.15, 0.2) is 0 Å². The van der Waals surface area contributed by atoms with Gasteiger partial charge in [0.2, 0.25) is 0 Å². The van der Waals surface area contributed by atoms with Gasteiger partial charge in [-0.2, -0.15) is 0 Å². The molecule has 6 atom stereocenters. The molecule has 3 nitrogen and oxygen atoms in total. The van der Waals surface area contributed by atoms with Gasteiger partial charge in [0, 0.05) is 23.9 Å². The first-order valence-electron chi connectivity index (χ1n) is 8.93. The third kappa shape index (κ3) is 2.40. The molecule has 22 heavy (non-hydrogen) atoms. The first kappa shape index (κ1) is 14.7. The predicted molar refractivity (Wildman–Crippen MR) is 86.6 cm³/mol. The Morgan fingerprint density at radius 3 is 1.86 bits per heavy atom. The number of aliphatic hydroxyl groups excluding tert-OH is 2. The highest BCUT2D eigenvalue weighted by molar-refractivity contribution is 5.26. The highest BCUT2D eigenvalue weighted by Crippen LogP contribution is 2.49. The number of rotatable bonds is 1. The Morgan fingerprint density at radius 2 is 1.32 bits per heavy atom. The Morgan fingerprint density at radius 1 is 0.773 bits per heavy atom. The van der Waals surface area contributed by atoms with Crippen molar-refractivity contribution in [3.05, 3.63) is 35.9 Å². The second-order valence-corrected chi connectivity index (χ2v) is 7.47. The monoisotopic (exact) mass is 301 g/mol. The Kier molecular flexibility index (Phi) is 3.97. The lowest BCUT2D eigenvalue weighted by Gasteiger charge is -2.55. The van der Waals surface area contributed by atoms with Gasteiger partial charge in [-0.05, 0) is 50.0 Å². The maximum absolute atomic E-state index is 10.7. The number of fused-ring (bicyclic) bond motifs is 2. The maximum Gasteiger partial charge on any atom is 0.0589 e. The first-order chi connectivity index (χ1) is 10.8. The van der Waals surface area contributed by atoms with Gasteiger partial charge in [-0.25, -0.2) is 0 Å². The predicted octanol–water partition coefficient (Wildman–Crippen LogP) is 2.43. The van der Waals surface area contributed by atoms with Crippen LogP contribution < -0.4 is 5.32 Å². The van der Waals surface area contributed by atoms with Gasteiger partial charge in [-0.15, -0.1) is 0 Å². The quantitative estimate of drug-likeness (QED) is 0.747. The topological polar surface area (TPSA) is 52.5 Å². The molecule has 0 spiro atoms. The van der Waals surface area contributed by atoms with Gasteiger partial charge in [0.1, 0.15) is 0 Å². The number of hydrogen-bond acceptors (Lipinski definition) is 3. The molecule has 0 aromatic heterocycles. The van der Waals surface area contributed by atoms with E-state index < -0.39 is 0 Å². The van der Waals surface area contributed by atoms with E-state index in [2.05, 4.69) is 29.6 Å². The molecule has 3 heteroatoms. The zero-order valence-corrected chi connectivity index (χ0v) is 13.1. The van der Waals surface area contributed by atoms with E-state index in [0.717, 1.165) is 38.5 Å². The fraction of sp³-hybridized carbons (Fsp3) is 0.684. The van der Waals surface area contributed by atoms with E-state index in [9.17, 15) is 10.2 Å². The second kappa shape index (κ2) is 5.95. The van der Waals surface area contributed by atoms with Crippen molar-refractivity contribution in [2.24, 2.45) is 11.8 Å². The molecule has 0 bridgehead atoms. The summed E-state index contributed by atoms with van der Waals surface area (Å²) in [5.41, 5.74) is 1.30. The molecule has 1 aromatic carbocycles. The van der Waals surface area contributed by atoms with Crippen molar-refractivity contribution in [2.45, 2.75) is 68.7 Å². The number of aliphatic hydroxyl groups is 2. The standard InChI is InChI=1S/C19H27NO2/c21-15-10-4-8-13-18(15)17(12-6-2-1-3-7-12)19-14(20-13)9-5-11-16(19)22/h1-3,6-7,13-22H,4-5,8-11H2. The van der Waals surface area contributed by atoms with Crippen molar-refractivity contribution < 1.29 is 10.2 Å². The fourth-order valence-corrected chi connectivity index (χ4v) is 5.42. The molecule has 6 unspecified atom stereocenters. The molecule has 3 N–H and O–H groups in total. The smallest absolute Gasteiger partial charge is 0.0589 e. The van der Waals surface area contributed by atoms with Crippen LogP contribution in [0.25, 0.3) is 0 Å². The van der Waals surface area contributed by atoms with Crippen molar-refractivity contribution in [1.29, 1.82) is 0 Å². The summed E-state index contributed by atoms with van der Waals surface area (Å²) in [6, 6.07) is 11.4. The van der Waals surface area contributed by atoms with Gasteiger partial charge >= 0.3 is 0 Å². The van der Waals surface area contributed by atoms with E-state index >= 15 is 0 Å². The molecule has 1 saturated heterocycles. The van der Waals surface area contributed by atoms with Gasteiger partial charge in [0.05, 0.1) is 12.2 Å². The molecule has 2 saturated carbocycles. The summed E-state index contributed by atoms with van der Waals surface area (Å²) in [7, 11) is 0. The summed E-state index contributed by atoms with van der Waals surface area (Å²) in [5.74, 6) is 0.762. The summed E-state index contributed by atoms with van der Waals surface area (Å²) >= 11 is 0. The summed E-state index contributed by atoms with van der Waals surface area (Å²) in [4.78, 5) is 0. The lowest BCUT2D eigenvalue weighted by Crippen LogP contribution is -2.63. The van der Waals surface area contributed by atoms with Crippen LogP contribution in [-0.2, 0) is 0 Å². The zero-order valence-electron chi connectivity index (χ0n) is 13.1. The molecule has 1 aliphatic heterocycles. The highest BCUT2D eigenvalue weighted by atomic mass is 16.3. The molecule has 1 heterocycles. The molecule has 4 rings (SSSR count). The van der Waals surface area contributed by atoms with Crippen LogP contribution in [0.1, 0.15) is 50.0 Å². The van der Waals surface area contributed by atoms with Crippen LogP contribution >= 0.6 is 0 Å². The Bertz CT molecular complexity index is 479. The minimum absolute atomic E-state index is 0.241. The second-order valence-electron chi connectivity index (χ2n) is 7.47. The van der Waals surface area contributed by atoms with Crippen molar-refractivity contribution in [3.8, 4) is 0 Å². The molecule has 3 fully saturated rings. The van der Waals surface area contributed by atoms with Crippen molar-refractivity contribution in [3.63, 3.8) is 0 Å². The largest absolute Gasteiger partial charge is 0.393 e. The molecular weight excluding hydrogens is 274 g/mol. The minimum atomic E-state index is -0.244. The summed E-state index contributed by atoms with van der Waals surface area (Å²) in [6.07, 6.45) is 5.85. The molecular formula is C19H27NO2. The molecule has 120 valence electrons. The average molecular weight is 301 g/mol. The van der Waals surface area contributed by atoms with Gasteiger partial charge in [0.25, 0.3) is 0 Å². The van der Waals surface area contributed by atoms with Gasteiger partial charge < -0.3 is 15.5 Å². The fourth-order valence-electron chi connectivity index (χ4n) is 5.42. The van der Waals surface area contributed by atoms with Crippen LogP contribution in [0.3, 0.4) is 0 Å². The van der Waals surface area contributed by atoms with E-state index in [1.165, 1.54) is 5.56 Å². The molecule has 2 aliphatic carbocycles. The highest BCUT2D eigenvalue weighted by Gasteiger charge is 2.51. The first-order valence-corrected chi connectivity index (χ1v) is 8.93. The van der Waals surface area contributed by atoms with Crippen LogP contribution in [0.2, 0.25) is 0 Å². The van der Waals surface area contributed by atoms with Crippen molar-refractivity contribution in [2.75, 3.05) is 0 Å². The number of hydrogen-bond donors (Lipinski definition) is 3. The average Bonchev–Trinajstić information content (AvgIpc) is 2.54. The minimum Gasteiger partial charge on any atom is -0.393 e. The Hall–Kier alpha value is -0.900. The van der Waals surface area contributed by atoms with Crippen LogP contribution in [0.15, 0.2) is 30.3 Å². The summed E-state index contributed by atoms with van der Waals surface area (Å²) in [6.45, 7) is 0. The number of nitrogens with one attached hydrogen (secondary N) is 1. The van der Waals surface area contributed by atoms with Crippen LogP contribution in [-0.4, -0.2) is 34.5 Å². The van der Waals surface area contributed by atoms with Gasteiger partial charge in [-0.1, -0.05) is 30.3 Å². The van der Waals surface area contributed by atoms with E-state index in [-0.39, 0.29) is 30.0 Å². The Labute approximate surface area is 132 Å². The molecule has 3 aliphatic rings. The van der Waals surface area contributed by atoms with Crippen LogP contribution in [0, 0.1) is 11.8 Å². The van der Waals surface area contributed by atoms with E-state index in [0.29, 0.717) is 12.1 Å². The third-order valence-electron chi connectivity index (χ3n) is 6.29. The lowest BCUT2D eigenvalue weighted by molar-refractivity contribution is -0.0639. The van der Waals surface area contributed by atoms with Crippen LogP contribution in [0.4, 0.5) is 0 Å². The normalized spacial score (nSPS) is 44.9. The molecule has 1 aromatic rings. The van der Waals surface area contributed by atoms with Crippen molar-refractivity contribution >= 4 is 0 Å². The van der Waals surface area contributed by atoms with Crippen LogP contribution in [0.5, 0.6) is 0 Å². The molecule has 0 amide bonds. The van der Waals surface area contributed by atoms with E-state index in [1.54, 1.807) is 0 Å². The maximum atomic E-state index is 10.7. The number of benzene rings is 1. The zero-order chi connectivity index (χ0) is 15.1. The van der Waals surface area contributed by atoms with Crippen molar-refractivity contribution in [1.82, 2.24) is 5.32 Å². The van der Waals surface area contributed by atoms with Gasteiger partial charge in [-0.3, -0.25) is 0 Å². The third-order valence-corrected chi connectivity index (χ3v) is 6.29. The SMILES string of the molecule is OC1CCCC2NC3CCCC(O)C3C(c3ccccc3)C12. The van der Waals surface area contributed by atoms with E-state index in [4.69, 9.17) is 0 Å². The van der Waals surface area contributed by atoms with E-state index in [1.807, 2.05) is 6.07 Å². The lowest BCUT2D eigenvalue weighted by atomic mass is 9.59. The Balaban J connectivity index is 1.75. The molecule has 0 radical (unpaired) electrons. The summed E-state index contributed by atoms with van der Waals surface area (Å²) < 4.78 is 0.